The lowest BCUT2D eigenvalue weighted by Crippen LogP contribution is -2.13. The van der Waals surface area contributed by atoms with E-state index in [0.29, 0.717) is 20.3 Å². The molecule has 0 aromatic heterocycles. The minimum Gasteiger partial charge on any atom is -0.480 e. The molecular formula is C19H11Br2ClN2O7. The summed E-state index contributed by atoms with van der Waals surface area (Å²) in [4.78, 5) is 37.9. The van der Waals surface area contributed by atoms with Crippen LogP contribution in [0.15, 0.2) is 50.0 Å². The summed E-state index contributed by atoms with van der Waals surface area (Å²) in [5, 5.41) is 10.9. The fourth-order valence-electron chi connectivity index (χ4n) is 2.46. The van der Waals surface area contributed by atoms with E-state index in [9.17, 15) is 19.7 Å². The Bertz CT molecular complexity index is 1140. The fourth-order valence-corrected chi connectivity index (χ4v) is 4.17. The van der Waals surface area contributed by atoms with E-state index in [1.54, 1.807) is 12.1 Å². The monoisotopic (exact) mass is 572 g/mol. The highest BCUT2D eigenvalue weighted by atomic mass is 79.9. The minimum absolute atomic E-state index is 0.00597. The Morgan fingerprint density at radius 3 is 2.55 bits per heavy atom. The zero-order valence-electron chi connectivity index (χ0n) is 15.6. The van der Waals surface area contributed by atoms with Gasteiger partial charge < -0.3 is 14.2 Å². The number of hydrogen-bond donors (Lipinski definition) is 0. The van der Waals surface area contributed by atoms with Crippen molar-refractivity contribution in [3.8, 4) is 5.75 Å². The van der Waals surface area contributed by atoms with E-state index < -0.39 is 16.9 Å². The van der Waals surface area contributed by atoms with E-state index >= 15 is 0 Å². The van der Waals surface area contributed by atoms with Crippen LogP contribution >= 0.6 is 43.5 Å². The highest BCUT2D eigenvalue weighted by molar-refractivity contribution is 9.11. The summed E-state index contributed by atoms with van der Waals surface area (Å²) in [6, 6.07) is 7.06. The number of cyclic esters (lactones) is 1. The van der Waals surface area contributed by atoms with Crippen molar-refractivity contribution in [2.45, 2.75) is 0 Å². The molecule has 160 valence electrons. The first-order valence-corrected chi connectivity index (χ1v) is 10.3. The molecular weight excluding hydrogens is 563 g/mol. The number of methoxy groups -OCH3 is 1. The predicted molar refractivity (Wildman–Crippen MR) is 118 cm³/mol. The first kappa shape index (κ1) is 22.9. The minimum atomic E-state index is -0.706. The SMILES string of the molecule is COC(=O)COc1c(Br)cc(/C=C2\N=C(c3ccc([N+](=O)[O-])cc3Cl)OC2=O)cc1Br. The Kier molecular flexibility index (Phi) is 7.08. The van der Waals surface area contributed by atoms with Gasteiger partial charge in [0.05, 0.1) is 31.6 Å². The van der Waals surface area contributed by atoms with Gasteiger partial charge in [-0.2, -0.15) is 0 Å². The second-order valence-electron chi connectivity index (χ2n) is 5.94. The normalized spacial score (nSPS) is 14.3. The van der Waals surface area contributed by atoms with Crippen LogP contribution in [0.25, 0.3) is 6.08 Å². The van der Waals surface area contributed by atoms with Gasteiger partial charge in [-0.3, -0.25) is 10.1 Å². The number of benzene rings is 2. The molecule has 0 amide bonds. The largest absolute Gasteiger partial charge is 0.480 e. The second kappa shape index (κ2) is 9.58. The summed E-state index contributed by atoms with van der Waals surface area (Å²) in [5.41, 5.74) is 0.638. The number of nitrogens with zero attached hydrogens (tertiary/aromatic N) is 2. The van der Waals surface area contributed by atoms with Crippen LogP contribution in [0.5, 0.6) is 5.75 Å². The molecule has 1 aliphatic heterocycles. The summed E-state index contributed by atoms with van der Waals surface area (Å²) in [7, 11) is 1.25. The number of non-ortho nitro benzene ring substituents is 1. The van der Waals surface area contributed by atoms with E-state index in [2.05, 4.69) is 41.6 Å². The Balaban J connectivity index is 1.88. The van der Waals surface area contributed by atoms with Gasteiger partial charge in [0.15, 0.2) is 12.3 Å². The van der Waals surface area contributed by atoms with Crippen molar-refractivity contribution in [3.05, 3.63) is 71.2 Å². The zero-order chi connectivity index (χ0) is 22.7. The van der Waals surface area contributed by atoms with Gasteiger partial charge in [-0.1, -0.05) is 11.6 Å². The Morgan fingerprint density at radius 1 is 1.29 bits per heavy atom. The molecule has 0 spiro atoms. The summed E-state index contributed by atoms with van der Waals surface area (Å²) in [6.07, 6.45) is 1.48. The van der Waals surface area contributed by atoms with Crippen LogP contribution in [-0.2, 0) is 19.1 Å². The van der Waals surface area contributed by atoms with E-state index in [1.807, 2.05) is 0 Å². The number of ether oxygens (including phenoxy) is 3. The smallest absolute Gasteiger partial charge is 0.363 e. The number of nitro benzene ring substituents is 1. The Morgan fingerprint density at radius 2 is 1.97 bits per heavy atom. The third-order valence-corrected chi connectivity index (χ3v) is 5.39. The van der Waals surface area contributed by atoms with Gasteiger partial charge in [0.2, 0.25) is 5.90 Å². The van der Waals surface area contributed by atoms with Crippen LogP contribution in [0.1, 0.15) is 11.1 Å². The van der Waals surface area contributed by atoms with E-state index in [4.69, 9.17) is 21.1 Å². The lowest BCUT2D eigenvalue weighted by molar-refractivity contribution is -0.384. The standard InChI is InChI=1S/C19H11Br2ClN2O7/c1-29-16(25)8-30-17-12(20)4-9(5-13(17)21)6-15-19(26)31-18(23-15)11-3-2-10(24(27)28)7-14(11)22/h2-7H,8H2,1H3/b15-6-. The maximum absolute atomic E-state index is 12.2. The van der Waals surface area contributed by atoms with E-state index in [1.165, 1.54) is 25.3 Å². The highest BCUT2D eigenvalue weighted by Gasteiger charge is 2.26. The van der Waals surface area contributed by atoms with Crippen molar-refractivity contribution in [1.82, 2.24) is 0 Å². The van der Waals surface area contributed by atoms with Gasteiger partial charge in [-0.05, 0) is 61.7 Å². The van der Waals surface area contributed by atoms with Crippen LogP contribution in [0.3, 0.4) is 0 Å². The molecule has 0 N–H and O–H groups in total. The zero-order valence-corrected chi connectivity index (χ0v) is 19.5. The van der Waals surface area contributed by atoms with Crippen molar-refractivity contribution in [3.63, 3.8) is 0 Å². The summed E-state index contributed by atoms with van der Waals surface area (Å²) >= 11 is 12.8. The van der Waals surface area contributed by atoms with Gasteiger partial charge in [-0.15, -0.1) is 0 Å². The quantitative estimate of drug-likeness (QED) is 0.213. The molecule has 12 heteroatoms. The molecule has 0 bridgehead atoms. The fraction of sp³-hybridized carbons (Fsp3) is 0.105. The molecule has 1 heterocycles. The van der Waals surface area contributed by atoms with Crippen LogP contribution in [0.2, 0.25) is 5.02 Å². The van der Waals surface area contributed by atoms with Crippen molar-refractivity contribution < 1.29 is 28.7 Å². The molecule has 3 rings (SSSR count). The lowest BCUT2D eigenvalue weighted by Gasteiger charge is -2.10. The molecule has 0 saturated carbocycles. The first-order valence-electron chi connectivity index (χ1n) is 8.35. The van der Waals surface area contributed by atoms with Crippen molar-refractivity contribution in [1.29, 1.82) is 0 Å². The average molecular weight is 575 g/mol. The third kappa shape index (κ3) is 5.30. The Hall–Kier alpha value is -2.76. The number of carbonyl (C=O) groups is 2. The molecule has 0 aliphatic carbocycles. The topological polar surface area (TPSA) is 117 Å². The maximum atomic E-state index is 12.2. The maximum Gasteiger partial charge on any atom is 0.363 e. The number of halogens is 3. The number of esters is 2. The summed E-state index contributed by atoms with van der Waals surface area (Å²) in [5.74, 6) is -0.927. The molecule has 0 fully saturated rings. The van der Waals surface area contributed by atoms with Crippen molar-refractivity contribution in [2.24, 2.45) is 4.99 Å². The molecule has 0 radical (unpaired) electrons. The van der Waals surface area contributed by atoms with E-state index in [-0.39, 0.29) is 34.5 Å². The van der Waals surface area contributed by atoms with Gasteiger partial charge >= 0.3 is 11.9 Å². The number of hydrogen-bond acceptors (Lipinski definition) is 8. The Labute approximate surface area is 197 Å². The molecule has 0 atom stereocenters. The average Bonchev–Trinajstić information content (AvgIpc) is 3.06. The second-order valence-corrected chi connectivity index (χ2v) is 8.05. The van der Waals surface area contributed by atoms with Gasteiger partial charge in [0, 0.05) is 12.1 Å². The number of aliphatic imine (C=N–C) groups is 1. The van der Waals surface area contributed by atoms with Gasteiger partial charge in [0.1, 0.15) is 5.75 Å². The molecule has 0 saturated heterocycles. The number of nitro groups is 1. The third-order valence-electron chi connectivity index (χ3n) is 3.90. The summed E-state index contributed by atoms with van der Waals surface area (Å²) in [6.45, 7) is -0.274. The lowest BCUT2D eigenvalue weighted by atomic mass is 10.2. The van der Waals surface area contributed by atoms with Crippen LogP contribution in [0, 0.1) is 10.1 Å². The number of rotatable bonds is 6. The summed E-state index contributed by atoms with van der Waals surface area (Å²) < 4.78 is 16.2. The number of carbonyl (C=O) groups excluding carboxylic acids is 2. The van der Waals surface area contributed by atoms with Crippen LogP contribution in [0.4, 0.5) is 5.69 Å². The molecule has 2 aromatic rings. The van der Waals surface area contributed by atoms with E-state index in [0.717, 1.165) is 6.07 Å². The molecule has 31 heavy (non-hydrogen) atoms. The molecule has 9 nitrogen and oxygen atoms in total. The van der Waals surface area contributed by atoms with Crippen molar-refractivity contribution in [2.75, 3.05) is 13.7 Å². The predicted octanol–water partition coefficient (Wildman–Crippen LogP) is 4.67. The first-order chi connectivity index (χ1) is 14.7. The van der Waals surface area contributed by atoms with Crippen molar-refractivity contribution >= 4 is 73.1 Å². The highest BCUT2D eigenvalue weighted by Crippen LogP contribution is 2.36. The van der Waals surface area contributed by atoms with Crippen LogP contribution in [-0.4, -0.2) is 36.5 Å². The molecule has 2 aromatic carbocycles. The molecule has 0 unspecified atom stereocenters. The van der Waals surface area contributed by atoms with Crippen LogP contribution < -0.4 is 4.74 Å². The van der Waals surface area contributed by atoms with Gasteiger partial charge in [-0.25, -0.2) is 14.6 Å². The van der Waals surface area contributed by atoms with Gasteiger partial charge in [0.25, 0.3) is 5.69 Å². The molecule has 1 aliphatic rings.